The lowest BCUT2D eigenvalue weighted by atomic mass is 10.1. The van der Waals surface area contributed by atoms with E-state index in [-0.39, 0.29) is 41.8 Å². The summed E-state index contributed by atoms with van der Waals surface area (Å²) in [4.78, 5) is 50.6. The van der Waals surface area contributed by atoms with Gasteiger partial charge in [0.05, 0.1) is 23.4 Å². The predicted octanol–water partition coefficient (Wildman–Crippen LogP) is -0.519. The number of nitrogens with one attached hydrogen (secondary N) is 2. The van der Waals surface area contributed by atoms with Crippen LogP contribution in [0.5, 0.6) is 0 Å². The Labute approximate surface area is 162 Å². The van der Waals surface area contributed by atoms with E-state index in [1.165, 1.54) is 12.1 Å². The standard InChI is InChI=1S/C18H21N3O6S/c1-28(26,27)9-8-14(16(23)19-10-15(22)20-11-6-7-11)21-17(24)12-4-2-3-5-13(12)18(21)25/h2-5,11,14H,6-10H2,1H3,(H,19,23)(H,20,22)/t14-/m1/s1. The quantitative estimate of drug-likeness (QED) is 0.558. The maximum absolute atomic E-state index is 12.7. The fourth-order valence-electron chi connectivity index (χ4n) is 2.99. The minimum atomic E-state index is -3.43. The Balaban J connectivity index is 1.76. The molecule has 1 aromatic carbocycles. The lowest BCUT2D eigenvalue weighted by molar-refractivity contribution is -0.128. The van der Waals surface area contributed by atoms with Crippen LogP contribution < -0.4 is 10.6 Å². The summed E-state index contributed by atoms with van der Waals surface area (Å²) in [6.07, 6.45) is 2.55. The van der Waals surface area contributed by atoms with Crippen LogP contribution in [0.3, 0.4) is 0 Å². The molecule has 28 heavy (non-hydrogen) atoms. The highest BCUT2D eigenvalue weighted by atomic mass is 32.2. The fourth-order valence-corrected chi connectivity index (χ4v) is 3.64. The van der Waals surface area contributed by atoms with Crippen molar-refractivity contribution in [2.75, 3.05) is 18.6 Å². The summed E-state index contributed by atoms with van der Waals surface area (Å²) >= 11 is 0. The zero-order chi connectivity index (χ0) is 20.5. The van der Waals surface area contributed by atoms with E-state index < -0.39 is 33.6 Å². The Morgan fingerprint density at radius 1 is 1.14 bits per heavy atom. The number of rotatable bonds is 8. The van der Waals surface area contributed by atoms with Crippen molar-refractivity contribution in [2.45, 2.75) is 31.3 Å². The Bertz CT molecular complexity index is 903. The fraction of sp³-hybridized carbons (Fsp3) is 0.444. The molecule has 1 saturated carbocycles. The zero-order valence-electron chi connectivity index (χ0n) is 15.3. The third-order valence-electron chi connectivity index (χ3n) is 4.57. The number of nitrogens with zero attached hydrogens (tertiary/aromatic N) is 1. The van der Waals surface area contributed by atoms with E-state index in [2.05, 4.69) is 10.6 Å². The third kappa shape index (κ3) is 4.56. The molecule has 1 aromatic rings. The molecular formula is C18H21N3O6S. The summed E-state index contributed by atoms with van der Waals surface area (Å²) in [5.74, 6) is -2.82. The van der Waals surface area contributed by atoms with Gasteiger partial charge in [-0.15, -0.1) is 0 Å². The summed E-state index contributed by atoms with van der Waals surface area (Å²) in [5, 5.41) is 5.11. The summed E-state index contributed by atoms with van der Waals surface area (Å²) in [6.45, 7) is -0.312. The van der Waals surface area contributed by atoms with Crippen molar-refractivity contribution in [1.82, 2.24) is 15.5 Å². The first-order valence-corrected chi connectivity index (χ1v) is 10.9. The number of imide groups is 1. The number of sulfone groups is 1. The molecule has 0 saturated heterocycles. The molecular weight excluding hydrogens is 386 g/mol. The first-order chi connectivity index (χ1) is 13.2. The predicted molar refractivity (Wildman–Crippen MR) is 99.2 cm³/mol. The first kappa shape index (κ1) is 20.0. The van der Waals surface area contributed by atoms with Crippen LogP contribution >= 0.6 is 0 Å². The Morgan fingerprint density at radius 3 is 2.21 bits per heavy atom. The molecule has 0 spiro atoms. The van der Waals surface area contributed by atoms with E-state index in [0.29, 0.717) is 0 Å². The SMILES string of the molecule is CS(=O)(=O)CC[C@H](C(=O)NCC(=O)NC1CC1)N1C(=O)c2ccccc2C1=O. The monoisotopic (exact) mass is 407 g/mol. The van der Waals surface area contributed by atoms with Crippen LogP contribution in [0.4, 0.5) is 0 Å². The van der Waals surface area contributed by atoms with Gasteiger partial charge in [0.2, 0.25) is 11.8 Å². The number of amides is 4. The van der Waals surface area contributed by atoms with E-state index in [1.807, 2.05) is 0 Å². The van der Waals surface area contributed by atoms with Crippen molar-refractivity contribution in [3.05, 3.63) is 35.4 Å². The molecule has 0 aromatic heterocycles. The van der Waals surface area contributed by atoms with E-state index in [4.69, 9.17) is 0 Å². The largest absolute Gasteiger partial charge is 0.352 e. The van der Waals surface area contributed by atoms with Gasteiger partial charge in [0, 0.05) is 12.3 Å². The van der Waals surface area contributed by atoms with Crippen LogP contribution in [0, 0.1) is 0 Å². The molecule has 1 atom stereocenters. The summed E-state index contributed by atoms with van der Waals surface area (Å²) in [7, 11) is -3.43. The second-order valence-corrected chi connectivity index (χ2v) is 9.28. The molecule has 4 amide bonds. The van der Waals surface area contributed by atoms with Gasteiger partial charge in [0.25, 0.3) is 11.8 Å². The van der Waals surface area contributed by atoms with Crippen molar-refractivity contribution >= 4 is 33.5 Å². The lowest BCUT2D eigenvalue weighted by Crippen LogP contribution is -2.52. The van der Waals surface area contributed by atoms with Crippen molar-refractivity contribution in [3.63, 3.8) is 0 Å². The van der Waals surface area contributed by atoms with Crippen LogP contribution in [0.25, 0.3) is 0 Å². The second-order valence-electron chi connectivity index (χ2n) is 7.02. The van der Waals surface area contributed by atoms with Gasteiger partial charge >= 0.3 is 0 Å². The molecule has 10 heteroatoms. The number of hydrogen-bond acceptors (Lipinski definition) is 6. The molecule has 1 fully saturated rings. The van der Waals surface area contributed by atoms with Gasteiger partial charge < -0.3 is 10.6 Å². The molecule has 2 N–H and O–H groups in total. The van der Waals surface area contributed by atoms with Gasteiger partial charge in [-0.25, -0.2) is 8.42 Å². The molecule has 3 rings (SSSR count). The van der Waals surface area contributed by atoms with Crippen LogP contribution in [0.1, 0.15) is 40.0 Å². The molecule has 1 aliphatic carbocycles. The maximum atomic E-state index is 12.7. The Morgan fingerprint density at radius 2 is 1.71 bits per heavy atom. The second kappa shape index (κ2) is 7.70. The van der Waals surface area contributed by atoms with Crippen molar-refractivity contribution in [2.24, 2.45) is 0 Å². The average Bonchev–Trinajstić information content (AvgIpc) is 3.41. The average molecular weight is 407 g/mol. The molecule has 1 heterocycles. The number of fused-ring (bicyclic) bond motifs is 1. The number of carbonyl (C=O) groups excluding carboxylic acids is 4. The van der Waals surface area contributed by atoms with E-state index in [9.17, 15) is 27.6 Å². The highest BCUT2D eigenvalue weighted by Gasteiger charge is 2.42. The summed E-state index contributed by atoms with van der Waals surface area (Å²) in [5.41, 5.74) is 0.326. The maximum Gasteiger partial charge on any atom is 0.262 e. The minimum Gasteiger partial charge on any atom is -0.352 e. The van der Waals surface area contributed by atoms with Crippen LogP contribution in [0.15, 0.2) is 24.3 Å². The normalized spacial score (nSPS) is 17.2. The molecule has 1 aliphatic heterocycles. The smallest absolute Gasteiger partial charge is 0.262 e. The number of benzene rings is 1. The van der Waals surface area contributed by atoms with Crippen molar-refractivity contribution in [3.8, 4) is 0 Å². The third-order valence-corrected chi connectivity index (χ3v) is 5.54. The molecule has 0 bridgehead atoms. The van der Waals surface area contributed by atoms with E-state index in [1.54, 1.807) is 12.1 Å². The highest BCUT2D eigenvalue weighted by molar-refractivity contribution is 7.90. The Kier molecular flexibility index (Phi) is 5.50. The van der Waals surface area contributed by atoms with Gasteiger partial charge in [-0.1, -0.05) is 12.1 Å². The van der Waals surface area contributed by atoms with Gasteiger partial charge in [-0.3, -0.25) is 24.1 Å². The van der Waals surface area contributed by atoms with Crippen LogP contribution in [-0.4, -0.2) is 67.6 Å². The number of carbonyl (C=O) groups is 4. The lowest BCUT2D eigenvalue weighted by Gasteiger charge is -2.25. The summed E-state index contributed by atoms with van der Waals surface area (Å²) < 4.78 is 23.1. The summed E-state index contributed by atoms with van der Waals surface area (Å²) in [6, 6.07) is 4.95. The molecule has 150 valence electrons. The molecule has 9 nitrogen and oxygen atoms in total. The molecule has 0 radical (unpaired) electrons. The first-order valence-electron chi connectivity index (χ1n) is 8.89. The highest BCUT2D eigenvalue weighted by Crippen LogP contribution is 2.26. The minimum absolute atomic E-state index is 0.127. The molecule has 2 aliphatic rings. The van der Waals surface area contributed by atoms with Gasteiger partial charge in [-0.05, 0) is 31.4 Å². The number of hydrogen-bond donors (Lipinski definition) is 2. The van der Waals surface area contributed by atoms with Crippen LogP contribution in [0.2, 0.25) is 0 Å². The van der Waals surface area contributed by atoms with Crippen molar-refractivity contribution < 1.29 is 27.6 Å². The van der Waals surface area contributed by atoms with Crippen molar-refractivity contribution in [1.29, 1.82) is 0 Å². The molecule has 0 unspecified atom stereocenters. The van der Waals surface area contributed by atoms with E-state index in [0.717, 1.165) is 24.0 Å². The van der Waals surface area contributed by atoms with Gasteiger partial charge in [0.1, 0.15) is 15.9 Å². The topological polar surface area (TPSA) is 130 Å². The van der Waals surface area contributed by atoms with E-state index >= 15 is 0 Å². The van der Waals surface area contributed by atoms with Crippen LogP contribution in [-0.2, 0) is 19.4 Å². The Hall–Kier alpha value is -2.75. The van der Waals surface area contributed by atoms with Gasteiger partial charge in [0.15, 0.2) is 0 Å². The van der Waals surface area contributed by atoms with Gasteiger partial charge in [-0.2, -0.15) is 0 Å². The zero-order valence-corrected chi connectivity index (χ0v) is 16.1.